The Morgan fingerprint density at radius 2 is 1.49 bits per heavy atom. The number of carbonyl (C=O) groups excluding carboxylic acids is 2. The Labute approximate surface area is 252 Å². The number of anilines is 1. The van der Waals surface area contributed by atoms with Crippen molar-refractivity contribution >= 4 is 38.3 Å². The zero-order valence-corrected chi connectivity index (χ0v) is 24.9. The Bertz CT molecular complexity index is 1750. The van der Waals surface area contributed by atoms with Gasteiger partial charge in [-0.25, -0.2) is 13.1 Å². The summed E-state index contributed by atoms with van der Waals surface area (Å²) in [5, 5.41) is 7.52. The Kier molecular flexibility index (Phi) is 8.30. The number of carbonyl (C=O) groups is 2. The van der Waals surface area contributed by atoms with E-state index in [0.717, 1.165) is 18.5 Å². The molecular formula is C34H36N4O4S. The molecule has 2 heterocycles. The van der Waals surface area contributed by atoms with Crippen LogP contribution in [0.1, 0.15) is 46.7 Å². The van der Waals surface area contributed by atoms with Crippen molar-refractivity contribution in [2.45, 2.75) is 49.1 Å². The molecule has 0 unspecified atom stereocenters. The minimum absolute atomic E-state index is 0.0852. The third-order valence-corrected chi connectivity index (χ3v) is 10.2. The first kappa shape index (κ1) is 29.0. The van der Waals surface area contributed by atoms with E-state index in [1.165, 1.54) is 5.56 Å². The lowest BCUT2D eigenvalue weighted by Crippen LogP contribution is -2.51. The van der Waals surface area contributed by atoms with Gasteiger partial charge in [0.2, 0.25) is 15.9 Å². The third kappa shape index (κ3) is 6.06. The number of amides is 2. The zero-order valence-electron chi connectivity index (χ0n) is 24.1. The van der Waals surface area contributed by atoms with Crippen molar-refractivity contribution in [3.8, 4) is 0 Å². The summed E-state index contributed by atoms with van der Waals surface area (Å²) >= 11 is 0. The van der Waals surface area contributed by atoms with E-state index in [2.05, 4.69) is 27.5 Å². The van der Waals surface area contributed by atoms with Crippen molar-refractivity contribution < 1.29 is 18.0 Å². The van der Waals surface area contributed by atoms with Crippen LogP contribution in [0.25, 0.3) is 10.8 Å². The lowest BCUT2D eigenvalue weighted by molar-refractivity contribution is -0.134. The molecule has 3 N–H and O–H groups in total. The average molecular weight is 597 g/mol. The predicted molar refractivity (Wildman–Crippen MR) is 169 cm³/mol. The Balaban J connectivity index is 1.13. The first-order valence-corrected chi connectivity index (χ1v) is 16.3. The average Bonchev–Trinajstić information content (AvgIpc) is 3.52. The molecule has 0 spiro atoms. The minimum atomic E-state index is -3.87. The molecule has 0 radical (unpaired) electrons. The summed E-state index contributed by atoms with van der Waals surface area (Å²) in [6.07, 6.45) is 1.99. The van der Waals surface area contributed by atoms with Crippen LogP contribution in [0.4, 0.5) is 5.69 Å². The molecule has 0 saturated carbocycles. The number of benzene rings is 4. The second kappa shape index (κ2) is 12.3. The van der Waals surface area contributed by atoms with E-state index in [0.29, 0.717) is 48.0 Å². The zero-order chi connectivity index (χ0) is 30.0. The number of hydrogen-bond donors (Lipinski definition) is 3. The van der Waals surface area contributed by atoms with Crippen LogP contribution < -0.4 is 15.4 Å². The van der Waals surface area contributed by atoms with Gasteiger partial charge in [0.25, 0.3) is 5.91 Å². The van der Waals surface area contributed by atoms with Gasteiger partial charge in [-0.3, -0.25) is 9.59 Å². The minimum Gasteiger partial charge on any atom is -0.341 e. The number of nitrogens with one attached hydrogen (secondary N) is 3. The van der Waals surface area contributed by atoms with Gasteiger partial charge in [-0.1, -0.05) is 72.8 Å². The van der Waals surface area contributed by atoms with Gasteiger partial charge in [-0.05, 0) is 62.1 Å². The molecule has 43 heavy (non-hydrogen) atoms. The summed E-state index contributed by atoms with van der Waals surface area (Å²) in [7, 11) is -3.87. The number of sulfonamides is 1. The number of piperidine rings is 1. The highest BCUT2D eigenvalue weighted by atomic mass is 32.2. The summed E-state index contributed by atoms with van der Waals surface area (Å²) < 4.78 is 30.2. The van der Waals surface area contributed by atoms with E-state index in [9.17, 15) is 18.0 Å². The maximum Gasteiger partial charge on any atom is 0.255 e. The van der Waals surface area contributed by atoms with Gasteiger partial charge in [-0.2, -0.15) is 0 Å². The van der Waals surface area contributed by atoms with Crippen LogP contribution in [-0.4, -0.2) is 56.9 Å². The van der Waals surface area contributed by atoms with Crippen LogP contribution in [0.2, 0.25) is 0 Å². The van der Waals surface area contributed by atoms with Crippen molar-refractivity contribution in [1.82, 2.24) is 14.9 Å². The smallest absolute Gasteiger partial charge is 0.255 e. The third-order valence-electron chi connectivity index (χ3n) is 8.66. The van der Waals surface area contributed by atoms with Crippen LogP contribution >= 0.6 is 0 Å². The maximum atomic E-state index is 13.6. The quantitative estimate of drug-likeness (QED) is 0.284. The van der Waals surface area contributed by atoms with Crippen LogP contribution in [0.5, 0.6) is 0 Å². The van der Waals surface area contributed by atoms with Gasteiger partial charge in [0, 0.05) is 47.1 Å². The van der Waals surface area contributed by atoms with Crippen molar-refractivity contribution in [1.29, 1.82) is 0 Å². The fourth-order valence-corrected chi connectivity index (χ4v) is 7.87. The summed E-state index contributed by atoms with van der Waals surface area (Å²) in [5.41, 5.74) is 3.13. The largest absolute Gasteiger partial charge is 0.341 e. The number of fused-ring (bicyclic) bond motifs is 1. The lowest BCUT2D eigenvalue weighted by Gasteiger charge is -2.35. The molecule has 2 amide bonds. The molecule has 4 aromatic rings. The Morgan fingerprint density at radius 1 is 0.814 bits per heavy atom. The van der Waals surface area contributed by atoms with Gasteiger partial charge >= 0.3 is 0 Å². The molecule has 2 saturated heterocycles. The van der Waals surface area contributed by atoms with Gasteiger partial charge in [-0.15, -0.1) is 0 Å². The van der Waals surface area contributed by atoms with Gasteiger partial charge < -0.3 is 15.5 Å². The monoisotopic (exact) mass is 596 g/mol. The van der Waals surface area contributed by atoms with Crippen molar-refractivity contribution in [2.75, 3.05) is 25.0 Å². The summed E-state index contributed by atoms with van der Waals surface area (Å²) in [4.78, 5) is 28.5. The van der Waals surface area contributed by atoms with Crippen molar-refractivity contribution in [2.24, 2.45) is 0 Å². The van der Waals surface area contributed by atoms with Crippen molar-refractivity contribution in [3.05, 3.63) is 108 Å². The van der Waals surface area contributed by atoms with Gasteiger partial charge in [0.1, 0.15) is 0 Å². The normalized spacial score (nSPS) is 19.4. The summed E-state index contributed by atoms with van der Waals surface area (Å²) in [6.45, 7) is 3.67. The molecule has 6 rings (SSSR count). The molecule has 2 aliphatic heterocycles. The molecule has 2 atom stereocenters. The van der Waals surface area contributed by atoms with Crippen LogP contribution in [-0.2, 0) is 14.8 Å². The van der Waals surface area contributed by atoms with Gasteiger partial charge in [0.15, 0.2) is 0 Å². The SMILES string of the molecule is Cc1ccccc1C(=O)Nc1ccc(S(=O)(=O)NC2CCN(C(=O)[C@H]3NCC[C@@H]3c3ccccc3)CC2)c2ccccc12. The van der Waals surface area contributed by atoms with Crippen LogP contribution in [0.3, 0.4) is 0 Å². The molecule has 8 nitrogen and oxygen atoms in total. The van der Waals surface area contributed by atoms with Crippen molar-refractivity contribution in [3.63, 3.8) is 0 Å². The van der Waals surface area contributed by atoms with Crippen LogP contribution in [0, 0.1) is 6.92 Å². The molecule has 0 bridgehead atoms. The van der Waals surface area contributed by atoms with Crippen LogP contribution in [0.15, 0.2) is 95.9 Å². The van der Waals surface area contributed by atoms with E-state index in [4.69, 9.17) is 0 Å². The fourth-order valence-electron chi connectivity index (χ4n) is 6.35. The summed E-state index contributed by atoms with van der Waals surface area (Å²) in [5.74, 6) is -0.0224. The lowest BCUT2D eigenvalue weighted by atomic mass is 9.90. The first-order chi connectivity index (χ1) is 20.8. The standard InChI is InChI=1S/C34H36N4O4S/c1-23-9-5-6-12-26(23)33(39)36-30-15-16-31(29-14-8-7-13-28(29)30)43(41,42)37-25-18-21-38(22-19-25)34(40)32-27(17-20-35-32)24-10-3-2-4-11-24/h2-16,25,27,32,35,37H,17-22H2,1H3,(H,36,39)/t27-,32+/m1/s1. The highest BCUT2D eigenvalue weighted by Gasteiger charge is 2.37. The number of likely N-dealkylation sites (tertiary alicyclic amines) is 1. The van der Waals surface area contributed by atoms with E-state index in [-0.39, 0.29) is 34.7 Å². The molecule has 2 aliphatic rings. The molecule has 9 heteroatoms. The second-order valence-corrected chi connectivity index (χ2v) is 13.1. The number of hydrogen-bond acceptors (Lipinski definition) is 5. The maximum absolute atomic E-state index is 13.6. The Hall–Kier alpha value is -4.05. The topological polar surface area (TPSA) is 108 Å². The van der Waals surface area contributed by atoms with E-state index in [1.807, 2.05) is 60.4 Å². The number of nitrogens with zero attached hydrogens (tertiary/aromatic N) is 1. The molecule has 0 aromatic heterocycles. The predicted octanol–water partition coefficient (Wildman–Crippen LogP) is 4.82. The second-order valence-electron chi connectivity index (χ2n) is 11.4. The van der Waals surface area contributed by atoms with Gasteiger partial charge in [0.05, 0.1) is 10.9 Å². The van der Waals surface area contributed by atoms with E-state index < -0.39 is 10.0 Å². The molecule has 4 aromatic carbocycles. The fraction of sp³-hybridized carbons (Fsp3) is 0.294. The van der Waals surface area contributed by atoms with E-state index in [1.54, 1.807) is 30.3 Å². The van der Waals surface area contributed by atoms with E-state index >= 15 is 0 Å². The molecule has 0 aliphatic carbocycles. The first-order valence-electron chi connectivity index (χ1n) is 14.8. The molecule has 222 valence electrons. The highest BCUT2D eigenvalue weighted by molar-refractivity contribution is 7.89. The molecule has 2 fully saturated rings. The molecular weight excluding hydrogens is 560 g/mol. The number of aryl methyl sites for hydroxylation is 1. The number of rotatable bonds is 7. The summed E-state index contributed by atoms with van der Waals surface area (Å²) in [6, 6.07) is 27.3. The highest BCUT2D eigenvalue weighted by Crippen LogP contribution is 2.32. The Morgan fingerprint density at radius 3 is 2.23 bits per heavy atom.